The maximum Gasteiger partial charge on any atom is 0.191 e. The van der Waals surface area contributed by atoms with Gasteiger partial charge in [0.1, 0.15) is 11.5 Å². The highest BCUT2D eigenvalue weighted by Crippen LogP contribution is 2.24. The quantitative estimate of drug-likeness (QED) is 0.563. The molecule has 0 radical (unpaired) electrons. The van der Waals surface area contributed by atoms with Crippen LogP contribution in [-0.4, -0.2) is 43.0 Å². The van der Waals surface area contributed by atoms with E-state index in [-0.39, 0.29) is 0 Å². The van der Waals surface area contributed by atoms with Crippen LogP contribution in [0, 0.1) is 0 Å². The first-order chi connectivity index (χ1) is 12.2. The zero-order valence-electron chi connectivity index (χ0n) is 15.4. The third-order valence-corrected chi connectivity index (χ3v) is 3.84. The molecule has 7 heteroatoms. The molecule has 1 aromatic carbocycles. The molecule has 0 aliphatic rings. The van der Waals surface area contributed by atoms with Crippen LogP contribution < -0.4 is 20.1 Å². The van der Waals surface area contributed by atoms with Gasteiger partial charge in [-0.25, -0.2) is 4.99 Å². The summed E-state index contributed by atoms with van der Waals surface area (Å²) >= 11 is 0. The molecule has 0 atom stereocenters. The first-order valence-electron chi connectivity index (χ1n) is 8.37. The Labute approximate surface area is 149 Å². The van der Waals surface area contributed by atoms with E-state index in [0.717, 1.165) is 48.2 Å². The Bertz CT molecular complexity index is 697. The van der Waals surface area contributed by atoms with E-state index in [9.17, 15) is 0 Å². The molecule has 0 aliphatic heterocycles. The fourth-order valence-electron chi connectivity index (χ4n) is 2.45. The molecule has 0 fully saturated rings. The lowest BCUT2D eigenvalue weighted by molar-refractivity contribution is 0.398. The number of aryl methyl sites for hydroxylation is 1. The van der Waals surface area contributed by atoms with E-state index in [0.29, 0.717) is 6.54 Å². The molecule has 1 heterocycles. The van der Waals surface area contributed by atoms with E-state index in [1.54, 1.807) is 20.4 Å². The van der Waals surface area contributed by atoms with Crippen LogP contribution in [0.25, 0.3) is 0 Å². The lowest BCUT2D eigenvalue weighted by atomic mass is 10.1. The minimum Gasteiger partial charge on any atom is -0.497 e. The van der Waals surface area contributed by atoms with Gasteiger partial charge >= 0.3 is 0 Å². The number of guanidine groups is 1. The summed E-state index contributed by atoms with van der Waals surface area (Å²) < 4.78 is 12.5. The van der Waals surface area contributed by atoms with Crippen molar-refractivity contribution in [1.29, 1.82) is 0 Å². The number of hydrogen-bond donors (Lipinski definition) is 2. The number of nitrogens with one attached hydrogen (secondary N) is 2. The highest BCUT2D eigenvalue weighted by molar-refractivity contribution is 5.79. The maximum atomic E-state index is 5.42. The monoisotopic (exact) mass is 345 g/mol. The summed E-state index contributed by atoms with van der Waals surface area (Å²) in [6.45, 7) is 4.17. The molecule has 136 valence electrons. The predicted molar refractivity (Wildman–Crippen MR) is 99.3 cm³/mol. The van der Waals surface area contributed by atoms with Crippen molar-refractivity contribution in [2.75, 3.05) is 27.3 Å². The summed E-state index contributed by atoms with van der Waals surface area (Å²) in [5, 5.41) is 10.8. The lowest BCUT2D eigenvalue weighted by Gasteiger charge is -2.13. The Morgan fingerprint density at radius 2 is 2.04 bits per heavy atom. The molecule has 2 aromatic rings. The largest absolute Gasteiger partial charge is 0.497 e. The smallest absolute Gasteiger partial charge is 0.191 e. The molecular weight excluding hydrogens is 318 g/mol. The molecular formula is C18H27N5O2. The van der Waals surface area contributed by atoms with E-state index < -0.39 is 0 Å². The van der Waals surface area contributed by atoms with Gasteiger partial charge in [-0.15, -0.1) is 0 Å². The second-order valence-electron chi connectivity index (χ2n) is 5.50. The van der Waals surface area contributed by atoms with Crippen LogP contribution in [0.15, 0.2) is 35.5 Å². The molecule has 0 saturated carbocycles. The van der Waals surface area contributed by atoms with Gasteiger partial charge in [0.25, 0.3) is 0 Å². The van der Waals surface area contributed by atoms with E-state index in [1.165, 1.54) is 0 Å². The van der Waals surface area contributed by atoms with Crippen LogP contribution in [0.1, 0.15) is 18.2 Å². The number of methoxy groups -OCH3 is 2. The number of benzene rings is 1. The van der Waals surface area contributed by atoms with Gasteiger partial charge in [-0.1, -0.05) is 0 Å². The van der Waals surface area contributed by atoms with Crippen LogP contribution in [0.3, 0.4) is 0 Å². The van der Waals surface area contributed by atoms with Crippen LogP contribution in [0.4, 0.5) is 0 Å². The molecule has 0 amide bonds. The van der Waals surface area contributed by atoms with Gasteiger partial charge in [-0.05, 0) is 43.2 Å². The van der Waals surface area contributed by atoms with Crippen molar-refractivity contribution in [3.05, 3.63) is 41.7 Å². The van der Waals surface area contributed by atoms with Crippen molar-refractivity contribution in [2.24, 2.45) is 12.0 Å². The summed E-state index contributed by atoms with van der Waals surface area (Å²) in [4.78, 5) is 4.60. The Balaban J connectivity index is 1.96. The van der Waals surface area contributed by atoms with Gasteiger partial charge in [-0.3, -0.25) is 4.68 Å². The second-order valence-corrected chi connectivity index (χ2v) is 5.50. The summed E-state index contributed by atoms with van der Waals surface area (Å²) in [6, 6.07) is 7.79. The minimum absolute atomic E-state index is 0.578. The summed E-state index contributed by atoms with van der Waals surface area (Å²) in [7, 11) is 5.26. The summed E-state index contributed by atoms with van der Waals surface area (Å²) in [6.07, 6.45) is 2.58. The van der Waals surface area contributed by atoms with E-state index >= 15 is 0 Å². The maximum absolute atomic E-state index is 5.42. The van der Waals surface area contributed by atoms with Crippen molar-refractivity contribution in [3.63, 3.8) is 0 Å². The van der Waals surface area contributed by atoms with Crippen molar-refractivity contribution in [2.45, 2.75) is 19.9 Å². The van der Waals surface area contributed by atoms with E-state index in [2.05, 4.69) is 20.7 Å². The Kier molecular flexibility index (Phi) is 7.13. The Hall–Kier alpha value is -2.70. The highest BCUT2D eigenvalue weighted by Gasteiger charge is 2.06. The fraction of sp³-hybridized carbons (Fsp3) is 0.444. The van der Waals surface area contributed by atoms with Gasteiger partial charge in [0, 0.05) is 26.3 Å². The molecule has 0 spiro atoms. The lowest BCUT2D eigenvalue weighted by Crippen LogP contribution is -2.38. The molecule has 25 heavy (non-hydrogen) atoms. The zero-order chi connectivity index (χ0) is 18.1. The average molecular weight is 345 g/mol. The van der Waals surface area contributed by atoms with Crippen LogP contribution in [0.5, 0.6) is 11.5 Å². The Morgan fingerprint density at radius 3 is 2.68 bits per heavy atom. The van der Waals surface area contributed by atoms with Crippen LogP contribution in [-0.2, 0) is 20.0 Å². The Morgan fingerprint density at radius 1 is 1.20 bits per heavy atom. The molecule has 0 saturated heterocycles. The van der Waals surface area contributed by atoms with Crippen molar-refractivity contribution in [1.82, 2.24) is 20.4 Å². The molecule has 0 unspecified atom stereocenters. The highest BCUT2D eigenvalue weighted by atomic mass is 16.5. The van der Waals surface area contributed by atoms with Gasteiger partial charge in [0.2, 0.25) is 0 Å². The minimum atomic E-state index is 0.578. The van der Waals surface area contributed by atoms with Gasteiger partial charge in [0.05, 0.1) is 26.5 Å². The zero-order valence-corrected chi connectivity index (χ0v) is 15.4. The third-order valence-electron chi connectivity index (χ3n) is 3.84. The molecule has 0 aliphatic carbocycles. The van der Waals surface area contributed by atoms with Crippen molar-refractivity contribution in [3.8, 4) is 11.5 Å². The van der Waals surface area contributed by atoms with Gasteiger partial charge < -0.3 is 20.1 Å². The third kappa shape index (κ3) is 5.41. The van der Waals surface area contributed by atoms with Crippen LogP contribution >= 0.6 is 0 Å². The number of aliphatic imine (C=N–C) groups is 1. The number of aromatic nitrogens is 2. The van der Waals surface area contributed by atoms with Gasteiger partial charge in [-0.2, -0.15) is 5.10 Å². The second kappa shape index (κ2) is 9.56. The molecule has 1 aromatic heterocycles. The average Bonchev–Trinajstić information content (AvgIpc) is 3.04. The van der Waals surface area contributed by atoms with Crippen molar-refractivity contribution < 1.29 is 9.47 Å². The first kappa shape index (κ1) is 18.6. The van der Waals surface area contributed by atoms with Gasteiger partial charge in [0.15, 0.2) is 5.96 Å². The normalized spacial score (nSPS) is 11.3. The fourth-order valence-corrected chi connectivity index (χ4v) is 2.45. The predicted octanol–water partition coefficient (Wildman–Crippen LogP) is 1.74. The van der Waals surface area contributed by atoms with E-state index in [4.69, 9.17) is 9.47 Å². The molecule has 2 N–H and O–H groups in total. The van der Waals surface area contributed by atoms with E-state index in [1.807, 2.05) is 42.9 Å². The molecule has 7 nitrogen and oxygen atoms in total. The summed E-state index contributed by atoms with van der Waals surface area (Å²) in [5.74, 6) is 2.47. The standard InChI is InChI=1S/C18H27N5O2/c1-5-19-18(21-13-15-9-11-22-23(15)2)20-10-8-14-12-16(24-3)6-7-17(14)25-4/h6-7,9,11-12H,5,8,10,13H2,1-4H3,(H2,19,20,21). The molecule has 2 rings (SSSR count). The SMILES string of the molecule is CCNC(=NCc1ccnn1C)NCCc1cc(OC)ccc1OC. The topological polar surface area (TPSA) is 72.7 Å². The number of ether oxygens (including phenoxy) is 2. The first-order valence-corrected chi connectivity index (χ1v) is 8.37. The van der Waals surface area contributed by atoms with Crippen molar-refractivity contribution >= 4 is 5.96 Å². The molecule has 0 bridgehead atoms. The number of hydrogen-bond acceptors (Lipinski definition) is 4. The summed E-state index contributed by atoms with van der Waals surface area (Å²) in [5.41, 5.74) is 2.16. The number of nitrogens with zero attached hydrogens (tertiary/aromatic N) is 3. The van der Waals surface area contributed by atoms with Crippen LogP contribution in [0.2, 0.25) is 0 Å². The number of rotatable bonds is 8.